The second-order valence-electron chi connectivity index (χ2n) is 6.22. The maximum atomic E-state index is 11.9. The van der Waals surface area contributed by atoms with Gasteiger partial charge in [0.2, 0.25) is 5.91 Å². The zero-order valence-corrected chi connectivity index (χ0v) is 13.8. The van der Waals surface area contributed by atoms with Crippen LogP contribution in [0.1, 0.15) is 26.0 Å². The first-order valence-corrected chi connectivity index (χ1v) is 7.65. The zero-order valence-electron chi connectivity index (χ0n) is 13.0. The first kappa shape index (κ1) is 16.9. The number of carbonyl (C=O) groups is 1. The van der Waals surface area contributed by atoms with Crippen LogP contribution in [0.15, 0.2) is 10.2 Å². The van der Waals surface area contributed by atoms with Crippen molar-refractivity contribution in [3.05, 3.63) is 20.7 Å². The molecule has 1 aromatic heterocycles. The molecule has 0 spiro atoms. The highest BCUT2D eigenvalue weighted by Gasteiger charge is 2.19. The number of thiazole rings is 1. The number of carbonyl (C=O) groups excluding carboxylic acids is 1. The smallest absolute Gasteiger partial charge is 0.307 e. The highest BCUT2D eigenvalue weighted by molar-refractivity contribution is 7.07. The predicted molar refractivity (Wildman–Crippen MR) is 83.3 cm³/mol. The van der Waals surface area contributed by atoms with E-state index in [1.165, 1.54) is 11.3 Å². The lowest BCUT2D eigenvalue weighted by molar-refractivity contribution is -0.121. The molecule has 0 atom stereocenters. The summed E-state index contributed by atoms with van der Waals surface area (Å²) in [4.78, 5) is 25.5. The Kier molecular flexibility index (Phi) is 5.95. The van der Waals surface area contributed by atoms with Crippen molar-refractivity contribution in [3.63, 3.8) is 0 Å². The maximum absolute atomic E-state index is 11.9. The van der Waals surface area contributed by atoms with Crippen LogP contribution in [0.2, 0.25) is 0 Å². The second kappa shape index (κ2) is 7.04. The molecule has 5 nitrogen and oxygen atoms in total. The molecule has 1 rings (SSSR count). The van der Waals surface area contributed by atoms with E-state index in [-0.39, 0.29) is 16.2 Å². The van der Waals surface area contributed by atoms with E-state index in [1.54, 1.807) is 4.57 Å². The predicted octanol–water partition coefficient (Wildman–Crippen LogP) is 1.31. The molecule has 1 aromatic rings. The van der Waals surface area contributed by atoms with Gasteiger partial charge < -0.3 is 14.8 Å². The van der Waals surface area contributed by atoms with Crippen LogP contribution in [0.4, 0.5) is 0 Å². The molecule has 0 aliphatic rings. The fraction of sp³-hybridized carbons (Fsp3) is 0.714. The van der Waals surface area contributed by atoms with Crippen LogP contribution < -0.4 is 10.2 Å². The summed E-state index contributed by atoms with van der Waals surface area (Å²) in [6.45, 7) is 8.14. The van der Waals surface area contributed by atoms with E-state index < -0.39 is 0 Å². The lowest BCUT2D eigenvalue weighted by Crippen LogP contribution is -2.40. The second-order valence-corrected chi connectivity index (χ2v) is 7.04. The SMILES string of the molecule is Cc1csc(=O)n1CCC(=O)NCC(C)(C)CN(C)C. The monoisotopic (exact) mass is 299 g/mol. The Hall–Kier alpha value is -1.14. The molecule has 6 heteroatoms. The van der Waals surface area contributed by atoms with Crippen molar-refractivity contribution in [2.24, 2.45) is 5.41 Å². The van der Waals surface area contributed by atoms with Gasteiger partial charge in [0.1, 0.15) is 0 Å². The molecule has 20 heavy (non-hydrogen) atoms. The van der Waals surface area contributed by atoms with E-state index in [0.717, 1.165) is 12.2 Å². The summed E-state index contributed by atoms with van der Waals surface area (Å²) >= 11 is 1.18. The van der Waals surface area contributed by atoms with Gasteiger partial charge in [-0.1, -0.05) is 25.2 Å². The van der Waals surface area contributed by atoms with Crippen LogP contribution in [0.25, 0.3) is 0 Å². The summed E-state index contributed by atoms with van der Waals surface area (Å²) in [5, 5.41) is 4.77. The third-order valence-corrected chi connectivity index (χ3v) is 3.93. The third-order valence-electron chi connectivity index (χ3n) is 3.05. The topological polar surface area (TPSA) is 54.3 Å². The van der Waals surface area contributed by atoms with E-state index >= 15 is 0 Å². The number of aryl methyl sites for hydroxylation is 1. The Morgan fingerprint density at radius 2 is 2.10 bits per heavy atom. The molecule has 0 radical (unpaired) electrons. The number of amides is 1. The molecular formula is C14H25N3O2S. The molecule has 0 unspecified atom stereocenters. The third kappa shape index (κ3) is 5.46. The Balaban J connectivity index is 2.40. The fourth-order valence-electron chi connectivity index (χ4n) is 2.23. The van der Waals surface area contributed by atoms with Crippen molar-refractivity contribution in [1.29, 1.82) is 0 Å². The van der Waals surface area contributed by atoms with Crippen molar-refractivity contribution < 1.29 is 4.79 Å². The van der Waals surface area contributed by atoms with Gasteiger partial charge in [0.25, 0.3) is 0 Å². The Morgan fingerprint density at radius 1 is 1.45 bits per heavy atom. The zero-order chi connectivity index (χ0) is 15.3. The lowest BCUT2D eigenvalue weighted by atomic mass is 9.93. The summed E-state index contributed by atoms with van der Waals surface area (Å²) in [5.41, 5.74) is 0.953. The Labute approximate surface area is 124 Å². The minimum Gasteiger partial charge on any atom is -0.355 e. The molecule has 0 saturated heterocycles. The number of hydrogen-bond acceptors (Lipinski definition) is 4. The number of rotatable bonds is 7. The van der Waals surface area contributed by atoms with Gasteiger partial charge in [-0.25, -0.2) is 0 Å². The van der Waals surface area contributed by atoms with E-state index in [4.69, 9.17) is 0 Å². The quantitative estimate of drug-likeness (QED) is 0.826. The molecule has 0 aliphatic carbocycles. The lowest BCUT2D eigenvalue weighted by Gasteiger charge is -2.28. The van der Waals surface area contributed by atoms with Crippen molar-refractivity contribution in [1.82, 2.24) is 14.8 Å². The van der Waals surface area contributed by atoms with Crippen molar-refractivity contribution in [3.8, 4) is 0 Å². The number of aromatic nitrogens is 1. The Bertz CT molecular complexity index is 503. The minimum atomic E-state index is -0.00525. The van der Waals surface area contributed by atoms with Crippen molar-refractivity contribution >= 4 is 17.2 Å². The van der Waals surface area contributed by atoms with Crippen LogP contribution >= 0.6 is 11.3 Å². The van der Waals surface area contributed by atoms with Gasteiger partial charge >= 0.3 is 4.87 Å². The highest BCUT2D eigenvalue weighted by Crippen LogP contribution is 2.14. The summed E-state index contributed by atoms with van der Waals surface area (Å²) in [7, 11) is 4.05. The average Bonchev–Trinajstić information content (AvgIpc) is 2.62. The highest BCUT2D eigenvalue weighted by atomic mass is 32.1. The molecular weight excluding hydrogens is 274 g/mol. The number of hydrogen-bond donors (Lipinski definition) is 1. The summed E-state index contributed by atoms with van der Waals surface area (Å²) in [6, 6.07) is 0. The standard InChI is InChI=1S/C14H25N3O2S/c1-11-8-20-13(19)17(11)7-6-12(18)15-9-14(2,3)10-16(4)5/h8H,6-7,9-10H2,1-5H3,(H,15,18). The van der Waals surface area contributed by atoms with Gasteiger partial charge in [0.05, 0.1) is 0 Å². The van der Waals surface area contributed by atoms with E-state index in [1.807, 2.05) is 26.4 Å². The van der Waals surface area contributed by atoms with Crippen molar-refractivity contribution in [2.75, 3.05) is 27.2 Å². The molecule has 0 aliphatic heterocycles. The Morgan fingerprint density at radius 3 is 2.60 bits per heavy atom. The molecule has 1 amide bonds. The van der Waals surface area contributed by atoms with Gasteiger partial charge in [-0.2, -0.15) is 0 Å². The van der Waals surface area contributed by atoms with Crippen LogP contribution in [0.5, 0.6) is 0 Å². The molecule has 0 aromatic carbocycles. The molecule has 114 valence electrons. The van der Waals surface area contributed by atoms with Gasteiger partial charge in [0.15, 0.2) is 0 Å². The number of nitrogens with one attached hydrogen (secondary N) is 1. The first-order valence-electron chi connectivity index (χ1n) is 6.78. The van der Waals surface area contributed by atoms with Crippen LogP contribution in [0.3, 0.4) is 0 Å². The normalized spacial score (nSPS) is 11.9. The number of nitrogens with zero attached hydrogens (tertiary/aromatic N) is 2. The summed E-state index contributed by atoms with van der Waals surface area (Å²) < 4.78 is 1.65. The van der Waals surface area contributed by atoms with Crippen LogP contribution in [-0.2, 0) is 11.3 Å². The van der Waals surface area contributed by atoms with Gasteiger partial charge in [-0.05, 0) is 26.4 Å². The maximum Gasteiger partial charge on any atom is 0.307 e. The first-order chi connectivity index (χ1) is 9.21. The van der Waals surface area contributed by atoms with Crippen LogP contribution in [0, 0.1) is 12.3 Å². The summed E-state index contributed by atoms with van der Waals surface area (Å²) in [6.07, 6.45) is 0.343. The minimum absolute atomic E-state index is 0.00300. The van der Waals surface area contributed by atoms with Gasteiger partial charge in [-0.3, -0.25) is 9.59 Å². The van der Waals surface area contributed by atoms with E-state index in [9.17, 15) is 9.59 Å². The molecule has 1 heterocycles. The fourth-order valence-corrected chi connectivity index (χ4v) is 2.99. The van der Waals surface area contributed by atoms with E-state index in [2.05, 4.69) is 24.1 Å². The van der Waals surface area contributed by atoms with Gasteiger partial charge in [-0.15, -0.1) is 0 Å². The van der Waals surface area contributed by atoms with Crippen LogP contribution in [-0.4, -0.2) is 42.6 Å². The average molecular weight is 299 g/mol. The molecule has 1 N–H and O–H groups in total. The molecule has 0 fully saturated rings. The molecule has 0 saturated carbocycles. The van der Waals surface area contributed by atoms with Gasteiger partial charge in [0, 0.05) is 37.1 Å². The van der Waals surface area contributed by atoms with Crippen molar-refractivity contribution in [2.45, 2.75) is 33.7 Å². The van der Waals surface area contributed by atoms with E-state index in [0.29, 0.717) is 19.5 Å². The molecule has 0 bridgehead atoms. The largest absolute Gasteiger partial charge is 0.355 e. The summed E-state index contributed by atoms with van der Waals surface area (Å²) in [5.74, 6) is -0.00525.